The molecule has 0 N–H and O–H groups in total. The molecule has 21 heavy (non-hydrogen) atoms. The van der Waals surface area contributed by atoms with Gasteiger partial charge >= 0.3 is 15.6 Å². The highest BCUT2D eigenvalue weighted by atomic mass is 127. The molecule has 118 valence electrons. The molecule has 0 aromatic carbocycles. The van der Waals surface area contributed by atoms with Crippen molar-refractivity contribution in [2.24, 2.45) is 11.8 Å². The Hall–Kier alpha value is -0.450. The fourth-order valence-electron chi connectivity index (χ4n) is 3.54. The SMILES string of the molecule is O=S(=O)(OC1=C2C(=C(OI)CC1)C1CCC2C1)C(F)(F)F. The van der Waals surface area contributed by atoms with Crippen molar-refractivity contribution in [3.8, 4) is 0 Å². The lowest BCUT2D eigenvalue weighted by Gasteiger charge is -2.27. The predicted octanol–water partition coefficient (Wildman–Crippen LogP) is 3.95. The Bertz CT molecular complexity index is 635. The molecule has 0 aromatic rings. The molecule has 3 rings (SSSR count). The standard InChI is InChI=1S/C12H12F3IO4S/c13-12(14,15)21(17,18)20-9-4-3-8(19-16)10-6-1-2-7(5-6)11(9)10/h6-7H,1-5H2. The lowest BCUT2D eigenvalue weighted by Crippen LogP contribution is -2.27. The van der Waals surface area contributed by atoms with E-state index in [0.717, 1.165) is 30.6 Å². The molecule has 2 unspecified atom stereocenters. The first-order chi connectivity index (χ1) is 9.74. The Balaban J connectivity index is 2.02. The number of hydrogen-bond acceptors (Lipinski definition) is 4. The summed E-state index contributed by atoms with van der Waals surface area (Å²) in [4.78, 5) is 0. The van der Waals surface area contributed by atoms with Crippen molar-refractivity contribution in [2.45, 2.75) is 37.6 Å². The largest absolute Gasteiger partial charge is 0.534 e. The van der Waals surface area contributed by atoms with Crippen molar-refractivity contribution < 1.29 is 28.8 Å². The van der Waals surface area contributed by atoms with Crippen molar-refractivity contribution in [3.05, 3.63) is 22.7 Å². The van der Waals surface area contributed by atoms with Gasteiger partial charge in [0.15, 0.2) is 23.0 Å². The highest BCUT2D eigenvalue weighted by Crippen LogP contribution is 2.57. The van der Waals surface area contributed by atoms with Crippen molar-refractivity contribution in [1.29, 1.82) is 0 Å². The van der Waals surface area contributed by atoms with E-state index in [9.17, 15) is 21.6 Å². The van der Waals surface area contributed by atoms with Crippen LogP contribution in [0.5, 0.6) is 0 Å². The summed E-state index contributed by atoms with van der Waals surface area (Å²) < 4.78 is 69.7. The first-order valence-electron chi connectivity index (χ1n) is 6.50. The third-order valence-electron chi connectivity index (χ3n) is 4.31. The van der Waals surface area contributed by atoms with E-state index in [-0.39, 0.29) is 24.0 Å². The van der Waals surface area contributed by atoms with Crippen LogP contribution in [0.1, 0.15) is 32.1 Å². The molecule has 2 atom stereocenters. The number of hydrogen-bond donors (Lipinski definition) is 0. The number of allylic oxidation sites excluding steroid dienone is 4. The lowest BCUT2D eigenvalue weighted by molar-refractivity contribution is -0.0524. The van der Waals surface area contributed by atoms with Gasteiger partial charge in [0.2, 0.25) is 0 Å². The number of alkyl halides is 3. The fourth-order valence-corrected chi connectivity index (χ4v) is 4.53. The Labute approximate surface area is 134 Å². The average molecular weight is 436 g/mol. The lowest BCUT2D eigenvalue weighted by atomic mass is 9.83. The molecule has 0 aromatic heterocycles. The van der Waals surface area contributed by atoms with E-state index in [0.29, 0.717) is 12.0 Å². The molecule has 0 spiro atoms. The molecular formula is C12H12F3IO4S. The van der Waals surface area contributed by atoms with E-state index in [1.54, 1.807) is 23.0 Å². The van der Waals surface area contributed by atoms with Gasteiger partial charge in [0, 0.05) is 24.0 Å². The van der Waals surface area contributed by atoms with Gasteiger partial charge in [0.05, 0.1) is 0 Å². The van der Waals surface area contributed by atoms with Gasteiger partial charge in [-0.15, -0.1) is 0 Å². The summed E-state index contributed by atoms with van der Waals surface area (Å²) in [7, 11) is -5.60. The zero-order valence-electron chi connectivity index (χ0n) is 10.7. The third kappa shape index (κ3) is 2.45. The molecule has 3 aliphatic carbocycles. The van der Waals surface area contributed by atoms with Gasteiger partial charge in [-0.25, -0.2) is 0 Å². The number of fused-ring (bicyclic) bond motifs is 5. The first-order valence-corrected chi connectivity index (χ1v) is 8.79. The summed E-state index contributed by atoms with van der Waals surface area (Å²) in [6.07, 6.45) is 3.15. The zero-order valence-corrected chi connectivity index (χ0v) is 13.7. The maximum absolute atomic E-state index is 12.5. The maximum atomic E-state index is 12.5. The minimum atomic E-state index is -5.60. The Morgan fingerprint density at radius 3 is 2.10 bits per heavy atom. The van der Waals surface area contributed by atoms with E-state index < -0.39 is 15.6 Å². The highest BCUT2D eigenvalue weighted by Gasteiger charge is 2.51. The van der Waals surface area contributed by atoms with Gasteiger partial charge < -0.3 is 7.25 Å². The Morgan fingerprint density at radius 2 is 1.57 bits per heavy atom. The number of halogens is 4. The van der Waals surface area contributed by atoms with Crippen molar-refractivity contribution in [2.75, 3.05) is 0 Å². The van der Waals surface area contributed by atoms with Gasteiger partial charge in [-0.1, -0.05) is 0 Å². The van der Waals surface area contributed by atoms with Gasteiger partial charge in [0.1, 0.15) is 11.5 Å². The van der Waals surface area contributed by atoms with Gasteiger partial charge in [-0.2, -0.15) is 21.6 Å². The fraction of sp³-hybridized carbons (Fsp3) is 0.667. The average Bonchev–Trinajstić information content (AvgIpc) is 2.98. The zero-order chi connectivity index (χ0) is 15.4. The van der Waals surface area contributed by atoms with Crippen LogP contribution in [0.2, 0.25) is 0 Å². The molecule has 0 aliphatic heterocycles. The van der Waals surface area contributed by atoms with Crippen LogP contribution in [-0.2, 0) is 17.4 Å². The first kappa shape index (κ1) is 15.4. The molecule has 0 heterocycles. The normalized spacial score (nSPS) is 29.0. The molecular weight excluding hydrogens is 424 g/mol. The molecule has 2 fully saturated rings. The van der Waals surface area contributed by atoms with Crippen molar-refractivity contribution in [1.82, 2.24) is 0 Å². The topological polar surface area (TPSA) is 52.6 Å². The Morgan fingerprint density at radius 1 is 1.05 bits per heavy atom. The van der Waals surface area contributed by atoms with E-state index in [4.69, 9.17) is 3.07 Å². The van der Waals surface area contributed by atoms with Crippen LogP contribution in [0.15, 0.2) is 22.7 Å². The monoisotopic (exact) mass is 436 g/mol. The summed E-state index contributed by atoms with van der Waals surface area (Å²) in [6.45, 7) is 0. The van der Waals surface area contributed by atoms with Crippen molar-refractivity contribution >= 4 is 33.1 Å². The second kappa shape index (κ2) is 5.04. The molecule has 3 aliphatic rings. The van der Waals surface area contributed by atoms with Crippen LogP contribution in [0, 0.1) is 11.8 Å². The summed E-state index contributed by atoms with van der Waals surface area (Å²) in [6, 6.07) is 0. The summed E-state index contributed by atoms with van der Waals surface area (Å²) in [5.41, 5.74) is -3.89. The minimum absolute atomic E-state index is 0.0493. The highest BCUT2D eigenvalue weighted by molar-refractivity contribution is 14.1. The van der Waals surface area contributed by atoms with Crippen LogP contribution in [0.3, 0.4) is 0 Å². The van der Waals surface area contributed by atoms with E-state index in [1.165, 1.54) is 0 Å². The van der Waals surface area contributed by atoms with Crippen LogP contribution in [-0.4, -0.2) is 13.9 Å². The molecule has 0 radical (unpaired) electrons. The quantitative estimate of drug-likeness (QED) is 0.382. The van der Waals surface area contributed by atoms with Crippen LogP contribution < -0.4 is 0 Å². The molecule has 4 nitrogen and oxygen atoms in total. The third-order valence-corrected chi connectivity index (χ3v) is 5.83. The van der Waals surface area contributed by atoms with E-state index in [1.807, 2.05) is 0 Å². The van der Waals surface area contributed by atoms with E-state index in [2.05, 4.69) is 4.18 Å². The van der Waals surface area contributed by atoms with Crippen LogP contribution in [0.4, 0.5) is 13.2 Å². The van der Waals surface area contributed by atoms with Gasteiger partial charge in [-0.3, -0.25) is 0 Å². The van der Waals surface area contributed by atoms with Crippen molar-refractivity contribution in [3.63, 3.8) is 0 Å². The molecule has 2 bridgehead atoms. The van der Waals surface area contributed by atoms with Crippen LogP contribution in [0.25, 0.3) is 0 Å². The Kier molecular flexibility index (Phi) is 3.70. The minimum Gasteiger partial charge on any atom is -0.432 e. The summed E-state index contributed by atoms with van der Waals surface area (Å²) in [5.74, 6) is 1.04. The summed E-state index contributed by atoms with van der Waals surface area (Å²) in [5, 5.41) is 0. The predicted molar refractivity (Wildman–Crippen MR) is 75.3 cm³/mol. The molecule has 0 amide bonds. The van der Waals surface area contributed by atoms with Gasteiger partial charge in [-0.05, 0) is 31.1 Å². The molecule has 9 heteroatoms. The van der Waals surface area contributed by atoms with Gasteiger partial charge in [0.25, 0.3) is 0 Å². The second-order valence-corrected chi connectivity index (χ2v) is 7.42. The number of rotatable bonds is 3. The second-order valence-electron chi connectivity index (χ2n) is 5.44. The molecule has 2 saturated carbocycles. The molecule has 0 saturated heterocycles. The van der Waals surface area contributed by atoms with E-state index >= 15 is 0 Å². The smallest absolute Gasteiger partial charge is 0.432 e. The summed E-state index contributed by atoms with van der Waals surface area (Å²) >= 11 is 1.75. The van der Waals surface area contributed by atoms with Crippen LogP contribution >= 0.6 is 23.0 Å². The maximum Gasteiger partial charge on any atom is 0.534 e.